The Hall–Kier alpha value is -1.62. The molecule has 5 nitrogen and oxygen atoms in total. The number of benzene rings is 1. The summed E-state index contributed by atoms with van der Waals surface area (Å²) in [6.45, 7) is 6.29. The summed E-state index contributed by atoms with van der Waals surface area (Å²) in [7, 11) is 2.14. The summed E-state index contributed by atoms with van der Waals surface area (Å²) < 4.78 is 0. The van der Waals surface area contributed by atoms with E-state index in [1.165, 1.54) is 0 Å². The van der Waals surface area contributed by atoms with E-state index in [1.807, 2.05) is 13.0 Å². The van der Waals surface area contributed by atoms with Crippen molar-refractivity contribution in [2.75, 3.05) is 25.5 Å². The average molecular weight is 277 g/mol. The zero-order valence-electron chi connectivity index (χ0n) is 12.4. The summed E-state index contributed by atoms with van der Waals surface area (Å²) >= 11 is 0. The van der Waals surface area contributed by atoms with Gasteiger partial charge in [-0.05, 0) is 64.4 Å². The Morgan fingerprint density at radius 3 is 2.65 bits per heavy atom. The van der Waals surface area contributed by atoms with Crippen LogP contribution in [0.15, 0.2) is 18.2 Å². The Balaban J connectivity index is 2.09. The molecule has 1 aromatic carbocycles. The van der Waals surface area contributed by atoms with Gasteiger partial charge in [-0.15, -0.1) is 0 Å². The first-order valence-electron chi connectivity index (χ1n) is 7.17. The first kappa shape index (κ1) is 14.8. The first-order chi connectivity index (χ1) is 9.47. The van der Waals surface area contributed by atoms with E-state index in [0.717, 1.165) is 31.5 Å². The molecule has 0 spiro atoms. The van der Waals surface area contributed by atoms with Gasteiger partial charge in [0.05, 0.1) is 4.92 Å². The summed E-state index contributed by atoms with van der Waals surface area (Å²) in [6, 6.07) is 5.48. The van der Waals surface area contributed by atoms with Crippen LogP contribution in [0.2, 0.25) is 0 Å². The molecular weight excluding hydrogens is 254 g/mol. The highest BCUT2D eigenvalue weighted by Crippen LogP contribution is 2.29. The third-order valence-electron chi connectivity index (χ3n) is 4.20. The highest BCUT2D eigenvalue weighted by Gasteiger charge is 2.24. The number of nitrogens with one attached hydrogen (secondary N) is 1. The van der Waals surface area contributed by atoms with E-state index in [2.05, 4.69) is 24.2 Å². The lowest BCUT2D eigenvalue weighted by molar-refractivity contribution is -0.384. The number of nitro groups is 1. The van der Waals surface area contributed by atoms with Gasteiger partial charge in [0.1, 0.15) is 5.69 Å². The molecule has 0 aromatic heterocycles. The Morgan fingerprint density at radius 2 is 2.05 bits per heavy atom. The SMILES string of the molecule is Cc1ccc([N+](=O)[O-])c(NC(C)C2CCN(C)CC2)c1. The molecule has 2 rings (SSSR count). The van der Waals surface area contributed by atoms with E-state index in [9.17, 15) is 10.1 Å². The van der Waals surface area contributed by atoms with Crippen LogP contribution in [0.5, 0.6) is 0 Å². The second kappa shape index (κ2) is 6.22. The number of hydrogen-bond donors (Lipinski definition) is 1. The van der Waals surface area contributed by atoms with E-state index in [1.54, 1.807) is 12.1 Å². The van der Waals surface area contributed by atoms with Crippen molar-refractivity contribution < 1.29 is 4.92 Å². The molecule has 20 heavy (non-hydrogen) atoms. The van der Waals surface area contributed by atoms with E-state index in [0.29, 0.717) is 11.6 Å². The number of aryl methyl sites for hydroxylation is 1. The van der Waals surface area contributed by atoms with Gasteiger partial charge in [0.25, 0.3) is 5.69 Å². The van der Waals surface area contributed by atoms with Gasteiger partial charge in [-0.3, -0.25) is 10.1 Å². The van der Waals surface area contributed by atoms with Crippen LogP contribution in [0, 0.1) is 23.0 Å². The number of likely N-dealkylation sites (tertiary alicyclic amines) is 1. The van der Waals surface area contributed by atoms with Crippen LogP contribution in [0.4, 0.5) is 11.4 Å². The minimum Gasteiger partial charge on any atom is -0.377 e. The number of anilines is 1. The molecule has 1 aromatic rings. The van der Waals surface area contributed by atoms with Crippen molar-refractivity contribution >= 4 is 11.4 Å². The summed E-state index contributed by atoms with van der Waals surface area (Å²) in [5.74, 6) is 0.575. The monoisotopic (exact) mass is 277 g/mol. The molecule has 1 aliphatic heterocycles. The van der Waals surface area contributed by atoms with Crippen molar-refractivity contribution in [3.05, 3.63) is 33.9 Å². The van der Waals surface area contributed by atoms with Crippen LogP contribution >= 0.6 is 0 Å². The van der Waals surface area contributed by atoms with Crippen LogP contribution < -0.4 is 5.32 Å². The maximum absolute atomic E-state index is 11.1. The number of hydrogen-bond acceptors (Lipinski definition) is 4. The fraction of sp³-hybridized carbons (Fsp3) is 0.600. The molecule has 1 heterocycles. The van der Waals surface area contributed by atoms with Crippen LogP contribution in [-0.4, -0.2) is 36.0 Å². The molecule has 1 fully saturated rings. The number of nitro benzene ring substituents is 1. The van der Waals surface area contributed by atoms with Gasteiger partial charge in [-0.1, -0.05) is 6.07 Å². The van der Waals surface area contributed by atoms with Gasteiger partial charge in [-0.2, -0.15) is 0 Å². The molecule has 110 valence electrons. The van der Waals surface area contributed by atoms with Crippen molar-refractivity contribution in [3.63, 3.8) is 0 Å². The molecular formula is C15H23N3O2. The largest absolute Gasteiger partial charge is 0.377 e. The van der Waals surface area contributed by atoms with Crippen LogP contribution in [0.1, 0.15) is 25.3 Å². The summed E-state index contributed by atoms with van der Waals surface area (Å²) in [5, 5.41) is 14.4. The van der Waals surface area contributed by atoms with Gasteiger partial charge in [0, 0.05) is 12.1 Å². The molecule has 0 aliphatic carbocycles. The highest BCUT2D eigenvalue weighted by atomic mass is 16.6. The molecule has 1 aliphatic rings. The molecule has 1 atom stereocenters. The smallest absolute Gasteiger partial charge is 0.292 e. The molecule has 1 N–H and O–H groups in total. The number of nitrogens with zero attached hydrogens (tertiary/aromatic N) is 2. The van der Waals surface area contributed by atoms with Crippen molar-refractivity contribution in [1.82, 2.24) is 4.90 Å². The van der Waals surface area contributed by atoms with Gasteiger partial charge in [-0.25, -0.2) is 0 Å². The van der Waals surface area contributed by atoms with Gasteiger partial charge in [0.15, 0.2) is 0 Å². The molecule has 1 unspecified atom stereocenters. The van der Waals surface area contributed by atoms with Gasteiger partial charge in [0.2, 0.25) is 0 Å². The Morgan fingerprint density at radius 1 is 1.40 bits per heavy atom. The predicted octanol–water partition coefficient (Wildman–Crippen LogP) is 3.05. The van der Waals surface area contributed by atoms with E-state index in [-0.39, 0.29) is 16.7 Å². The fourth-order valence-electron chi connectivity index (χ4n) is 2.82. The minimum atomic E-state index is -0.316. The lowest BCUT2D eigenvalue weighted by Crippen LogP contribution is -2.37. The first-order valence-corrected chi connectivity index (χ1v) is 7.17. The molecule has 0 bridgehead atoms. The van der Waals surface area contributed by atoms with Crippen LogP contribution in [0.3, 0.4) is 0 Å². The lowest BCUT2D eigenvalue weighted by Gasteiger charge is -2.33. The zero-order chi connectivity index (χ0) is 14.7. The molecule has 1 saturated heterocycles. The number of piperidine rings is 1. The number of rotatable bonds is 4. The minimum absolute atomic E-state index is 0.162. The van der Waals surface area contributed by atoms with Crippen LogP contribution in [0.25, 0.3) is 0 Å². The lowest BCUT2D eigenvalue weighted by atomic mass is 9.90. The van der Waals surface area contributed by atoms with Crippen LogP contribution in [-0.2, 0) is 0 Å². The quantitative estimate of drug-likeness (QED) is 0.679. The van der Waals surface area contributed by atoms with Crippen molar-refractivity contribution in [1.29, 1.82) is 0 Å². The highest BCUT2D eigenvalue weighted by molar-refractivity contribution is 5.63. The van der Waals surface area contributed by atoms with E-state index < -0.39 is 0 Å². The molecule has 0 radical (unpaired) electrons. The van der Waals surface area contributed by atoms with Gasteiger partial charge >= 0.3 is 0 Å². The van der Waals surface area contributed by atoms with E-state index >= 15 is 0 Å². The Labute approximate surface area is 120 Å². The third kappa shape index (κ3) is 3.48. The van der Waals surface area contributed by atoms with Crippen molar-refractivity contribution in [2.45, 2.75) is 32.7 Å². The second-order valence-corrected chi connectivity index (χ2v) is 5.85. The van der Waals surface area contributed by atoms with Gasteiger partial charge < -0.3 is 10.2 Å². The Bertz CT molecular complexity index is 482. The second-order valence-electron chi connectivity index (χ2n) is 5.85. The Kier molecular flexibility index (Phi) is 4.60. The average Bonchev–Trinajstić information content (AvgIpc) is 2.39. The van der Waals surface area contributed by atoms with Crippen molar-refractivity contribution in [2.24, 2.45) is 5.92 Å². The maximum atomic E-state index is 11.1. The van der Waals surface area contributed by atoms with E-state index in [4.69, 9.17) is 0 Å². The zero-order valence-corrected chi connectivity index (χ0v) is 12.4. The summed E-state index contributed by atoms with van der Waals surface area (Å²) in [6.07, 6.45) is 2.29. The third-order valence-corrected chi connectivity index (χ3v) is 4.20. The molecule has 0 amide bonds. The topological polar surface area (TPSA) is 58.4 Å². The maximum Gasteiger partial charge on any atom is 0.292 e. The molecule has 0 saturated carbocycles. The van der Waals surface area contributed by atoms with Crippen molar-refractivity contribution in [3.8, 4) is 0 Å². The summed E-state index contributed by atoms with van der Waals surface area (Å²) in [5.41, 5.74) is 1.84. The normalized spacial score (nSPS) is 18.8. The summed E-state index contributed by atoms with van der Waals surface area (Å²) in [4.78, 5) is 13.1. The predicted molar refractivity (Wildman–Crippen MR) is 81.1 cm³/mol. The standard InChI is InChI=1S/C15H23N3O2/c1-11-4-5-15(18(19)20)14(10-11)16-12(2)13-6-8-17(3)9-7-13/h4-5,10,12-13,16H,6-9H2,1-3H3. The molecule has 5 heteroatoms. The fourth-order valence-corrected chi connectivity index (χ4v) is 2.82.